The summed E-state index contributed by atoms with van der Waals surface area (Å²) >= 11 is 8.80. The number of rotatable bonds is 10. The van der Waals surface area contributed by atoms with Crippen LogP contribution in [-0.2, 0) is 27.3 Å². The van der Waals surface area contributed by atoms with Gasteiger partial charge in [-0.05, 0) is 71.7 Å². The van der Waals surface area contributed by atoms with Crippen molar-refractivity contribution in [3.05, 3.63) is 153 Å². The van der Waals surface area contributed by atoms with Gasteiger partial charge >= 0.3 is 0 Å². The first-order valence-corrected chi connectivity index (χ1v) is 18.3. The fraction of sp³-hybridized carbons (Fsp3) is 0.125. The molecule has 3 N–H and O–H groups in total. The number of thiophene rings is 1. The van der Waals surface area contributed by atoms with E-state index in [1.54, 1.807) is 83.8 Å². The highest BCUT2D eigenvalue weighted by atomic mass is 35.5. The highest BCUT2D eigenvalue weighted by Gasteiger charge is 2.29. The molecule has 0 saturated heterocycles. The molecule has 4 amide bonds. The SMILES string of the molecule is CC(=O)N1CCc2c(sc(NC(=O)C(Sc3cccc(NC(=O)/C(=C/c4cccc(Cl)c4)NC(=O)c4ccccc4)c3)c3ccccc3)c2C#N)C1. The van der Waals surface area contributed by atoms with Crippen LogP contribution in [-0.4, -0.2) is 35.1 Å². The van der Waals surface area contributed by atoms with Crippen molar-refractivity contribution in [2.24, 2.45) is 0 Å². The van der Waals surface area contributed by atoms with Crippen molar-refractivity contribution in [1.82, 2.24) is 10.2 Å². The predicted octanol–water partition coefficient (Wildman–Crippen LogP) is 8.06. The van der Waals surface area contributed by atoms with Crippen LogP contribution in [0.25, 0.3) is 6.08 Å². The largest absolute Gasteiger partial charge is 0.337 e. The maximum absolute atomic E-state index is 14.0. The molecule has 0 radical (unpaired) electrons. The van der Waals surface area contributed by atoms with E-state index >= 15 is 0 Å². The van der Waals surface area contributed by atoms with Gasteiger partial charge < -0.3 is 20.9 Å². The lowest BCUT2D eigenvalue weighted by atomic mass is 10.0. The smallest absolute Gasteiger partial charge is 0.272 e. The maximum Gasteiger partial charge on any atom is 0.272 e. The van der Waals surface area contributed by atoms with Crippen LogP contribution < -0.4 is 16.0 Å². The minimum atomic E-state index is -0.713. The Labute approximate surface area is 314 Å². The van der Waals surface area contributed by atoms with Gasteiger partial charge in [0, 0.05) is 39.5 Å². The second-order valence-corrected chi connectivity index (χ2v) is 14.5. The molecule has 0 saturated carbocycles. The zero-order valence-corrected chi connectivity index (χ0v) is 30.3. The summed E-state index contributed by atoms with van der Waals surface area (Å²) in [4.78, 5) is 56.1. The van der Waals surface area contributed by atoms with Crippen LogP contribution in [0, 0.1) is 11.3 Å². The van der Waals surface area contributed by atoms with Gasteiger partial charge in [-0.2, -0.15) is 5.26 Å². The summed E-state index contributed by atoms with van der Waals surface area (Å²) in [5, 5.41) is 18.9. The Morgan fingerprint density at radius 3 is 2.37 bits per heavy atom. The van der Waals surface area contributed by atoms with Gasteiger partial charge in [-0.15, -0.1) is 23.1 Å². The molecule has 5 aromatic rings. The van der Waals surface area contributed by atoms with Crippen molar-refractivity contribution >= 4 is 75.1 Å². The first-order chi connectivity index (χ1) is 25.2. The fourth-order valence-electron chi connectivity index (χ4n) is 5.64. The molecule has 9 nitrogen and oxygen atoms in total. The summed E-state index contributed by atoms with van der Waals surface area (Å²) in [6.07, 6.45) is 2.09. The van der Waals surface area contributed by atoms with Gasteiger partial charge in [0.1, 0.15) is 22.0 Å². The Bertz CT molecular complexity index is 2220. The van der Waals surface area contributed by atoms with Crippen molar-refractivity contribution in [3.8, 4) is 6.07 Å². The predicted molar refractivity (Wildman–Crippen MR) is 206 cm³/mol. The molecule has 4 aromatic carbocycles. The monoisotopic (exact) mass is 745 g/mol. The Morgan fingerprint density at radius 1 is 0.923 bits per heavy atom. The molecule has 0 bridgehead atoms. The average molecular weight is 746 g/mol. The Morgan fingerprint density at radius 2 is 1.65 bits per heavy atom. The summed E-state index contributed by atoms with van der Waals surface area (Å²) in [5.74, 6) is -1.36. The molecule has 0 aliphatic carbocycles. The van der Waals surface area contributed by atoms with Crippen LogP contribution >= 0.6 is 34.7 Å². The highest BCUT2D eigenvalue weighted by molar-refractivity contribution is 8.00. The van der Waals surface area contributed by atoms with Gasteiger partial charge in [0.15, 0.2) is 0 Å². The van der Waals surface area contributed by atoms with E-state index in [1.165, 1.54) is 30.0 Å². The minimum absolute atomic E-state index is 0.00841. The molecule has 1 unspecified atom stereocenters. The summed E-state index contributed by atoms with van der Waals surface area (Å²) in [5.41, 5.74) is 3.51. The van der Waals surface area contributed by atoms with E-state index in [0.717, 1.165) is 16.0 Å². The van der Waals surface area contributed by atoms with Crippen molar-refractivity contribution in [2.75, 3.05) is 17.2 Å². The number of fused-ring (bicyclic) bond motifs is 1. The molecular weight excluding hydrogens is 714 g/mol. The number of hydrogen-bond donors (Lipinski definition) is 3. The second-order valence-electron chi connectivity index (χ2n) is 11.8. The Kier molecular flexibility index (Phi) is 11.5. The Hall–Kier alpha value is -5.67. The lowest BCUT2D eigenvalue weighted by Crippen LogP contribution is -2.33. The van der Waals surface area contributed by atoms with Crippen LogP contribution in [0.1, 0.15) is 49.7 Å². The second kappa shape index (κ2) is 16.6. The standard InChI is InChI=1S/C40H32ClN5O4S2/c1-25(47)46-19-18-32-33(23-42)40(52-35(32)24-46)45-39(50)36(27-11-4-2-5-12-27)51-31-17-9-16-30(22-31)43-38(49)34(21-26-10-8-15-29(41)20-26)44-37(48)28-13-6-3-7-14-28/h2-17,20-22,36H,18-19,24H2,1H3,(H,43,49)(H,44,48)(H,45,50)/b34-21-. The molecule has 2 heterocycles. The molecule has 1 aliphatic heterocycles. The number of benzene rings is 4. The number of anilines is 2. The number of thioether (sulfide) groups is 1. The number of nitrogens with one attached hydrogen (secondary N) is 3. The first-order valence-electron chi connectivity index (χ1n) is 16.3. The van der Waals surface area contributed by atoms with Crippen molar-refractivity contribution in [2.45, 2.75) is 30.0 Å². The lowest BCUT2D eigenvalue weighted by Gasteiger charge is -2.25. The van der Waals surface area contributed by atoms with Crippen LogP contribution in [0.15, 0.2) is 120 Å². The number of nitriles is 1. The number of nitrogens with zero attached hydrogens (tertiary/aromatic N) is 2. The number of hydrogen-bond acceptors (Lipinski definition) is 7. The zero-order chi connectivity index (χ0) is 36.6. The molecule has 12 heteroatoms. The topological polar surface area (TPSA) is 131 Å². The van der Waals surface area contributed by atoms with E-state index in [9.17, 15) is 24.4 Å². The third-order valence-corrected chi connectivity index (χ3v) is 10.8. The van der Waals surface area contributed by atoms with Crippen LogP contribution in [0.2, 0.25) is 5.02 Å². The Balaban J connectivity index is 1.23. The summed E-state index contributed by atoms with van der Waals surface area (Å²) < 4.78 is 0. The number of amides is 4. The van der Waals surface area contributed by atoms with Crippen LogP contribution in [0.5, 0.6) is 0 Å². The molecule has 1 atom stereocenters. The van der Waals surface area contributed by atoms with E-state index in [4.69, 9.17) is 11.6 Å². The van der Waals surface area contributed by atoms with Gasteiger partial charge in [0.2, 0.25) is 11.8 Å². The highest BCUT2D eigenvalue weighted by Crippen LogP contribution is 2.40. The number of halogens is 1. The minimum Gasteiger partial charge on any atom is -0.337 e. The summed E-state index contributed by atoms with van der Waals surface area (Å²) in [6.45, 7) is 2.45. The maximum atomic E-state index is 14.0. The van der Waals surface area contributed by atoms with Crippen molar-refractivity contribution in [1.29, 1.82) is 5.26 Å². The quantitative estimate of drug-likeness (QED) is 0.0980. The van der Waals surface area contributed by atoms with E-state index in [2.05, 4.69) is 22.0 Å². The van der Waals surface area contributed by atoms with E-state index in [0.29, 0.717) is 56.8 Å². The third kappa shape index (κ3) is 8.79. The average Bonchev–Trinajstić information content (AvgIpc) is 3.50. The normalized spacial score (nSPS) is 12.9. The van der Waals surface area contributed by atoms with E-state index < -0.39 is 17.1 Å². The molecular formula is C40H32ClN5O4S2. The summed E-state index contributed by atoms with van der Waals surface area (Å²) in [6, 6.07) is 34.1. The van der Waals surface area contributed by atoms with E-state index in [-0.39, 0.29) is 17.5 Å². The van der Waals surface area contributed by atoms with Crippen LogP contribution in [0.3, 0.4) is 0 Å². The van der Waals surface area contributed by atoms with Gasteiger partial charge in [-0.3, -0.25) is 19.2 Å². The van der Waals surface area contributed by atoms with Crippen molar-refractivity contribution in [3.63, 3.8) is 0 Å². The first kappa shape index (κ1) is 36.1. The van der Waals surface area contributed by atoms with Gasteiger partial charge in [-0.1, -0.05) is 78.3 Å². The molecule has 260 valence electrons. The molecule has 52 heavy (non-hydrogen) atoms. The molecule has 1 aliphatic rings. The van der Waals surface area contributed by atoms with Crippen LogP contribution in [0.4, 0.5) is 10.7 Å². The molecule has 6 rings (SSSR count). The summed E-state index contributed by atoms with van der Waals surface area (Å²) in [7, 11) is 0. The van der Waals surface area contributed by atoms with Crippen molar-refractivity contribution < 1.29 is 19.2 Å². The molecule has 0 fully saturated rings. The third-order valence-electron chi connectivity index (χ3n) is 8.23. The fourth-order valence-corrected chi connectivity index (χ4v) is 8.14. The molecule has 0 spiro atoms. The molecule has 1 aromatic heterocycles. The van der Waals surface area contributed by atoms with Gasteiger partial charge in [0.25, 0.3) is 11.8 Å². The van der Waals surface area contributed by atoms with Gasteiger partial charge in [-0.25, -0.2) is 0 Å². The lowest BCUT2D eigenvalue weighted by molar-refractivity contribution is -0.129. The number of carbonyl (C=O) groups is 4. The van der Waals surface area contributed by atoms with E-state index in [1.807, 2.05) is 36.4 Å². The zero-order valence-electron chi connectivity index (χ0n) is 27.9. The van der Waals surface area contributed by atoms with Gasteiger partial charge in [0.05, 0.1) is 12.1 Å². The number of carbonyl (C=O) groups excluding carboxylic acids is 4.